The lowest BCUT2D eigenvalue weighted by molar-refractivity contribution is 0.243. The van der Waals surface area contributed by atoms with Crippen LogP contribution in [0.4, 0.5) is 0 Å². The molecule has 3 atom stereocenters. The predicted octanol–water partition coefficient (Wildman–Crippen LogP) is 3.39. The average Bonchev–Trinajstić information content (AvgIpc) is 3.20. The molecule has 100 valence electrons. The molecular weight excluding hydrogens is 234 g/mol. The molecule has 2 saturated carbocycles. The van der Waals surface area contributed by atoms with Crippen molar-refractivity contribution in [3.8, 4) is 6.07 Å². The molecule has 2 heteroatoms. The minimum absolute atomic E-state index is 0.330. The Hall–Kier alpha value is -1.33. The fourth-order valence-corrected chi connectivity index (χ4v) is 4.02. The molecular formula is C17H21NO. The van der Waals surface area contributed by atoms with Gasteiger partial charge < -0.3 is 5.11 Å². The monoisotopic (exact) mass is 255 g/mol. The Balaban J connectivity index is 1.70. The van der Waals surface area contributed by atoms with E-state index < -0.39 is 0 Å². The molecule has 2 aliphatic carbocycles. The minimum Gasteiger partial charge on any atom is -0.396 e. The van der Waals surface area contributed by atoms with Gasteiger partial charge in [0.25, 0.3) is 0 Å². The Labute approximate surface area is 115 Å². The number of rotatable bonds is 4. The molecule has 0 amide bonds. The molecule has 1 aromatic rings. The Morgan fingerprint density at radius 3 is 3.05 bits per heavy atom. The van der Waals surface area contributed by atoms with Crippen LogP contribution in [0.2, 0.25) is 0 Å². The molecule has 2 fully saturated rings. The molecule has 0 heterocycles. The van der Waals surface area contributed by atoms with Crippen molar-refractivity contribution in [1.82, 2.24) is 0 Å². The minimum atomic E-state index is 0.330. The summed E-state index contributed by atoms with van der Waals surface area (Å²) in [6, 6.07) is 10.5. The van der Waals surface area contributed by atoms with Crippen LogP contribution in [0, 0.1) is 23.2 Å². The number of hydrogen-bond donors (Lipinski definition) is 1. The van der Waals surface area contributed by atoms with Crippen molar-refractivity contribution in [3.63, 3.8) is 0 Å². The molecule has 0 saturated heterocycles. The second kappa shape index (κ2) is 4.98. The normalized spacial score (nSPS) is 32.4. The summed E-state index contributed by atoms with van der Waals surface area (Å²) < 4.78 is 0. The van der Waals surface area contributed by atoms with E-state index >= 15 is 0 Å². The third kappa shape index (κ3) is 2.28. The zero-order valence-corrected chi connectivity index (χ0v) is 11.3. The highest BCUT2D eigenvalue weighted by molar-refractivity contribution is 5.41. The summed E-state index contributed by atoms with van der Waals surface area (Å²) in [5.74, 6) is 1.63. The summed E-state index contributed by atoms with van der Waals surface area (Å²) >= 11 is 0. The van der Waals surface area contributed by atoms with Gasteiger partial charge in [0, 0.05) is 6.61 Å². The maximum Gasteiger partial charge on any atom is 0.0991 e. The van der Waals surface area contributed by atoms with Crippen molar-refractivity contribution < 1.29 is 5.11 Å². The summed E-state index contributed by atoms with van der Waals surface area (Å²) in [6.07, 6.45) is 7.31. The Morgan fingerprint density at radius 2 is 2.32 bits per heavy atom. The maximum absolute atomic E-state index is 9.02. The SMILES string of the molecule is N#Cc1cccc([C@]23CC[C@@H](CCCO)C[C@H]2C3)c1. The quantitative estimate of drug-likeness (QED) is 0.896. The lowest BCUT2D eigenvalue weighted by Crippen LogP contribution is -2.20. The lowest BCUT2D eigenvalue weighted by atomic mass is 9.76. The number of hydrogen-bond acceptors (Lipinski definition) is 2. The van der Waals surface area contributed by atoms with E-state index in [2.05, 4.69) is 18.2 Å². The van der Waals surface area contributed by atoms with Gasteiger partial charge in [-0.25, -0.2) is 0 Å². The van der Waals surface area contributed by atoms with E-state index in [-0.39, 0.29) is 0 Å². The van der Waals surface area contributed by atoms with Gasteiger partial charge in [-0.2, -0.15) is 5.26 Å². The predicted molar refractivity (Wildman–Crippen MR) is 74.6 cm³/mol. The second-order valence-electron chi connectivity index (χ2n) is 6.26. The highest BCUT2D eigenvalue weighted by Crippen LogP contribution is 2.63. The molecule has 0 bridgehead atoms. The van der Waals surface area contributed by atoms with Gasteiger partial charge in [-0.15, -0.1) is 0 Å². The van der Waals surface area contributed by atoms with Crippen LogP contribution in [-0.4, -0.2) is 11.7 Å². The van der Waals surface area contributed by atoms with Crippen molar-refractivity contribution in [2.24, 2.45) is 11.8 Å². The molecule has 3 rings (SSSR count). The topological polar surface area (TPSA) is 44.0 Å². The van der Waals surface area contributed by atoms with Gasteiger partial charge in [-0.3, -0.25) is 0 Å². The van der Waals surface area contributed by atoms with Crippen LogP contribution in [0.1, 0.15) is 49.7 Å². The van der Waals surface area contributed by atoms with Gasteiger partial charge in [0.2, 0.25) is 0 Å². The number of benzene rings is 1. The number of aliphatic hydroxyl groups is 1. The molecule has 0 aliphatic heterocycles. The molecule has 0 spiro atoms. The third-order valence-electron chi connectivity index (χ3n) is 5.19. The fourth-order valence-electron chi connectivity index (χ4n) is 4.02. The number of nitriles is 1. The smallest absolute Gasteiger partial charge is 0.0991 e. The van der Waals surface area contributed by atoms with Gasteiger partial charge in [0.15, 0.2) is 0 Å². The van der Waals surface area contributed by atoms with E-state index in [1.165, 1.54) is 37.7 Å². The number of aliphatic hydroxyl groups excluding tert-OH is 1. The van der Waals surface area contributed by atoms with Crippen molar-refractivity contribution in [1.29, 1.82) is 5.26 Å². The van der Waals surface area contributed by atoms with E-state index in [1.807, 2.05) is 12.1 Å². The van der Waals surface area contributed by atoms with Crippen LogP contribution in [-0.2, 0) is 5.41 Å². The molecule has 19 heavy (non-hydrogen) atoms. The number of nitrogens with zero attached hydrogens (tertiary/aromatic N) is 1. The van der Waals surface area contributed by atoms with Gasteiger partial charge in [-0.05, 0) is 73.5 Å². The van der Waals surface area contributed by atoms with E-state index in [1.54, 1.807) is 0 Å². The van der Waals surface area contributed by atoms with E-state index in [0.717, 1.165) is 23.8 Å². The second-order valence-corrected chi connectivity index (χ2v) is 6.26. The first-order valence-corrected chi connectivity index (χ1v) is 7.40. The summed E-state index contributed by atoms with van der Waals surface area (Å²) in [4.78, 5) is 0. The summed E-state index contributed by atoms with van der Waals surface area (Å²) in [7, 11) is 0. The first kappa shape index (κ1) is 12.7. The van der Waals surface area contributed by atoms with Crippen molar-refractivity contribution in [2.45, 2.75) is 43.9 Å². The highest BCUT2D eigenvalue weighted by Gasteiger charge is 2.57. The van der Waals surface area contributed by atoms with Crippen LogP contribution >= 0.6 is 0 Å². The van der Waals surface area contributed by atoms with Crippen LogP contribution in [0.15, 0.2) is 24.3 Å². The van der Waals surface area contributed by atoms with Crippen molar-refractivity contribution >= 4 is 0 Å². The summed E-state index contributed by atoms with van der Waals surface area (Å²) in [6.45, 7) is 0.330. The maximum atomic E-state index is 9.02. The molecule has 2 aliphatic rings. The molecule has 1 N–H and O–H groups in total. The zero-order valence-electron chi connectivity index (χ0n) is 11.3. The van der Waals surface area contributed by atoms with E-state index in [4.69, 9.17) is 10.4 Å². The van der Waals surface area contributed by atoms with Gasteiger partial charge in [0.05, 0.1) is 11.6 Å². The summed E-state index contributed by atoms with van der Waals surface area (Å²) in [5.41, 5.74) is 2.57. The molecule has 0 aromatic heterocycles. The van der Waals surface area contributed by atoms with Gasteiger partial charge in [-0.1, -0.05) is 12.1 Å². The Bertz CT molecular complexity index is 504. The van der Waals surface area contributed by atoms with Crippen LogP contribution in [0.25, 0.3) is 0 Å². The van der Waals surface area contributed by atoms with Crippen molar-refractivity contribution in [3.05, 3.63) is 35.4 Å². The van der Waals surface area contributed by atoms with Gasteiger partial charge >= 0.3 is 0 Å². The Kier molecular flexibility index (Phi) is 3.33. The standard InChI is InChI=1S/C17H21NO/c18-12-14-3-1-5-15(10-14)17-7-6-13(4-2-8-19)9-16(17)11-17/h1,3,5,10,13,16,19H,2,4,6-9,11H2/t13-,16+,17-/m1/s1. The van der Waals surface area contributed by atoms with E-state index in [0.29, 0.717) is 12.0 Å². The van der Waals surface area contributed by atoms with Crippen LogP contribution in [0.5, 0.6) is 0 Å². The van der Waals surface area contributed by atoms with Crippen LogP contribution in [0.3, 0.4) is 0 Å². The third-order valence-corrected chi connectivity index (χ3v) is 5.19. The molecule has 1 aromatic carbocycles. The molecule has 0 radical (unpaired) electrons. The summed E-state index contributed by atoms with van der Waals surface area (Å²) in [5, 5.41) is 18.0. The lowest BCUT2D eigenvalue weighted by Gasteiger charge is -2.28. The average molecular weight is 255 g/mol. The number of fused-ring (bicyclic) bond motifs is 1. The van der Waals surface area contributed by atoms with Gasteiger partial charge in [0.1, 0.15) is 0 Å². The Morgan fingerprint density at radius 1 is 1.42 bits per heavy atom. The molecule has 2 nitrogen and oxygen atoms in total. The highest BCUT2D eigenvalue weighted by atomic mass is 16.2. The fraction of sp³-hybridized carbons (Fsp3) is 0.588. The first-order valence-electron chi connectivity index (χ1n) is 7.40. The van der Waals surface area contributed by atoms with E-state index in [9.17, 15) is 0 Å². The van der Waals surface area contributed by atoms with Crippen molar-refractivity contribution in [2.75, 3.05) is 6.61 Å². The zero-order chi connectivity index (χ0) is 13.3. The largest absolute Gasteiger partial charge is 0.396 e. The first-order chi connectivity index (χ1) is 9.28. The van der Waals surface area contributed by atoms with Crippen LogP contribution < -0.4 is 0 Å². The molecule has 0 unspecified atom stereocenters.